The molecule has 3 aromatic rings. The van der Waals surface area contributed by atoms with Crippen molar-refractivity contribution in [3.8, 4) is 0 Å². The van der Waals surface area contributed by atoms with Gasteiger partial charge in [0.25, 0.3) is 5.91 Å². The minimum Gasteiger partial charge on any atom is -0.481 e. The fourth-order valence-corrected chi connectivity index (χ4v) is 5.56. The lowest BCUT2D eigenvalue weighted by atomic mass is 9.90. The molecule has 3 aromatic carbocycles. The molecule has 0 aliphatic carbocycles. The highest BCUT2D eigenvalue weighted by atomic mass is 79.9. The van der Waals surface area contributed by atoms with Gasteiger partial charge in [0, 0.05) is 20.1 Å². The van der Waals surface area contributed by atoms with Crippen molar-refractivity contribution in [2.45, 2.75) is 23.9 Å². The highest BCUT2D eigenvalue weighted by Gasteiger charge is 2.58. The van der Waals surface area contributed by atoms with Gasteiger partial charge in [-0.1, -0.05) is 63.4 Å². The maximum Gasteiger partial charge on any atom is 0.305 e. The Labute approximate surface area is 235 Å². The number of aliphatic carboxylic acids is 1. The number of carboxylic acids is 1. The number of nitrogens with zero attached hydrogens (tertiary/aromatic N) is 1. The van der Waals surface area contributed by atoms with E-state index in [9.17, 15) is 14.7 Å². The van der Waals surface area contributed by atoms with Crippen LogP contribution in [0.4, 0.5) is 8.78 Å². The Bertz CT molecular complexity index is 1400. The molecule has 0 aromatic heterocycles. The minimum atomic E-state index is -2.03. The van der Waals surface area contributed by atoms with Crippen LogP contribution in [0.1, 0.15) is 39.5 Å². The van der Waals surface area contributed by atoms with E-state index in [1.165, 1.54) is 29.2 Å². The molecule has 5 rings (SSSR count). The van der Waals surface area contributed by atoms with Gasteiger partial charge in [-0.05, 0) is 42.0 Å². The number of carbonyl (C=O) groups is 2. The van der Waals surface area contributed by atoms with Gasteiger partial charge in [-0.15, -0.1) is 0 Å². The number of fused-ring (bicyclic) bond motifs is 1. The van der Waals surface area contributed by atoms with Crippen molar-refractivity contribution in [3.05, 3.63) is 103 Å². The Hall–Kier alpha value is -2.56. The van der Waals surface area contributed by atoms with Crippen molar-refractivity contribution in [1.82, 2.24) is 4.90 Å². The van der Waals surface area contributed by atoms with Crippen molar-refractivity contribution in [1.29, 1.82) is 0 Å². The third-order valence-corrected chi connectivity index (χ3v) is 7.58. The van der Waals surface area contributed by atoms with E-state index in [2.05, 4.69) is 15.9 Å². The van der Waals surface area contributed by atoms with E-state index in [4.69, 9.17) is 32.7 Å². The summed E-state index contributed by atoms with van der Waals surface area (Å²) in [4.78, 5) is 27.4. The van der Waals surface area contributed by atoms with Crippen molar-refractivity contribution >= 4 is 51.0 Å². The van der Waals surface area contributed by atoms with Gasteiger partial charge in [-0.2, -0.15) is 0 Å². The molecule has 198 valence electrons. The zero-order valence-corrected chi connectivity index (χ0v) is 22.7. The molecule has 1 amide bonds. The van der Waals surface area contributed by atoms with E-state index in [0.29, 0.717) is 20.1 Å². The summed E-state index contributed by atoms with van der Waals surface area (Å²) >= 11 is 15.4. The second kappa shape index (κ2) is 10.2. The number of amides is 1. The number of ether oxygens (including phenoxy) is 2. The number of carboxylic acid groups (broad SMARTS) is 1. The predicted octanol–water partition coefficient (Wildman–Crippen LogP) is 6.52. The average molecular weight is 627 g/mol. The average Bonchev–Trinajstić information content (AvgIpc) is 3.09. The number of hydrogen-bond donors (Lipinski definition) is 1. The van der Waals surface area contributed by atoms with E-state index in [1.807, 2.05) is 0 Å². The standard InChI is InChI=1S/C27H20BrCl2F2NO5/c28-17-9-20-24(21(31)10-17)27(16-3-7-19(30)8-4-16,38-14-26(32)12-37-13-26)33(25(20)36)22(11-23(34)35)15-1-5-18(29)6-2-15/h1-10,22H,11-14H2,(H,34,35)/t22-,27+/m0/s1. The van der Waals surface area contributed by atoms with Crippen LogP contribution in [0.15, 0.2) is 65.1 Å². The van der Waals surface area contributed by atoms with Crippen molar-refractivity contribution in [3.63, 3.8) is 0 Å². The fourth-order valence-electron chi connectivity index (χ4n) is 4.87. The van der Waals surface area contributed by atoms with Crippen LogP contribution in [-0.2, 0) is 20.0 Å². The Balaban J connectivity index is 1.80. The van der Waals surface area contributed by atoms with Gasteiger partial charge in [0.2, 0.25) is 5.72 Å². The molecule has 38 heavy (non-hydrogen) atoms. The van der Waals surface area contributed by atoms with Crippen LogP contribution in [-0.4, -0.2) is 47.4 Å². The van der Waals surface area contributed by atoms with E-state index >= 15 is 8.78 Å². The topological polar surface area (TPSA) is 76.1 Å². The Morgan fingerprint density at radius 1 is 1.11 bits per heavy atom. The SMILES string of the molecule is O=C(O)C[C@@H](c1ccc(Cl)cc1)N1C(=O)c2cc(Br)cc(F)c2[C@]1(OCC1(F)COC1)c1ccc(Cl)cc1. The van der Waals surface area contributed by atoms with E-state index < -0.39 is 48.2 Å². The molecular weight excluding hydrogens is 607 g/mol. The zero-order chi connectivity index (χ0) is 27.2. The molecule has 2 atom stereocenters. The number of carbonyl (C=O) groups excluding carboxylic acids is 1. The summed E-state index contributed by atoms with van der Waals surface area (Å²) in [6.07, 6.45) is -0.549. The van der Waals surface area contributed by atoms with E-state index in [1.54, 1.807) is 36.4 Å². The molecule has 0 saturated carbocycles. The molecule has 2 aliphatic heterocycles. The zero-order valence-electron chi connectivity index (χ0n) is 19.6. The van der Waals surface area contributed by atoms with Gasteiger partial charge in [0.05, 0.1) is 43.4 Å². The number of alkyl halides is 1. The summed E-state index contributed by atoms with van der Waals surface area (Å²) in [5, 5.41) is 10.6. The molecule has 0 unspecified atom stereocenters. The third kappa shape index (κ3) is 4.71. The third-order valence-electron chi connectivity index (χ3n) is 6.61. The second-order valence-corrected chi connectivity index (χ2v) is 11.0. The van der Waals surface area contributed by atoms with Crippen LogP contribution in [0.2, 0.25) is 10.0 Å². The number of hydrogen-bond acceptors (Lipinski definition) is 4. The van der Waals surface area contributed by atoms with Crippen LogP contribution >= 0.6 is 39.1 Å². The van der Waals surface area contributed by atoms with Gasteiger partial charge in [-0.3, -0.25) is 14.5 Å². The minimum absolute atomic E-state index is 0.0473. The number of rotatable bonds is 8. The molecule has 6 nitrogen and oxygen atoms in total. The lowest BCUT2D eigenvalue weighted by molar-refractivity contribution is -0.209. The molecular formula is C27H20BrCl2F2NO5. The van der Waals surface area contributed by atoms with Gasteiger partial charge in [0.1, 0.15) is 5.82 Å². The molecule has 1 fully saturated rings. The first-order valence-electron chi connectivity index (χ1n) is 11.5. The molecule has 2 aliphatic rings. The largest absolute Gasteiger partial charge is 0.481 e. The summed E-state index contributed by atoms with van der Waals surface area (Å²) < 4.78 is 42.8. The summed E-state index contributed by atoms with van der Waals surface area (Å²) in [6.45, 7) is -1.01. The van der Waals surface area contributed by atoms with Gasteiger partial charge < -0.3 is 14.6 Å². The summed E-state index contributed by atoms with van der Waals surface area (Å²) in [6, 6.07) is 13.9. The molecule has 0 radical (unpaired) electrons. The lowest BCUT2D eigenvalue weighted by Gasteiger charge is -2.45. The molecule has 11 heteroatoms. The molecule has 0 bridgehead atoms. The smallest absolute Gasteiger partial charge is 0.305 e. The Morgan fingerprint density at radius 2 is 1.71 bits per heavy atom. The lowest BCUT2D eigenvalue weighted by Crippen LogP contribution is -2.55. The highest BCUT2D eigenvalue weighted by molar-refractivity contribution is 9.10. The van der Waals surface area contributed by atoms with Gasteiger partial charge >= 0.3 is 5.97 Å². The number of benzene rings is 3. The molecule has 0 spiro atoms. The van der Waals surface area contributed by atoms with Gasteiger partial charge in [0.15, 0.2) is 5.67 Å². The molecule has 1 N–H and O–H groups in total. The predicted molar refractivity (Wildman–Crippen MR) is 140 cm³/mol. The van der Waals surface area contributed by atoms with Crippen molar-refractivity contribution < 1.29 is 33.0 Å². The van der Waals surface area contributed by atoms with Crippen molar-refractivity contribution in [2.24, 2.45) is 0 Å². The maximum atomic E-state index is 15.9. The van der Waals surface area contributed by atoms with Crippen molar-refractivity contribution in [2.75, 3.05) is 19.8 Å². The van der Waals surface area contributed by atoms with E-state index in [-0.39, 0.29) is 29.9 Å². The quantitative estimate of drug-likeness (QED) is 0.308. The first-order valence-corrected chi connectivity index (χ1v) is 13.1. The summed E-state index contributed by atoms with van der Waals surface area (Å²) in [7, 11) is 0. The Kier molecular flexibility index (Phi) is 7.26. The van der Waals surface area contributed by atoms with E-state index in [0.717, 1.165) is 0 Å². The summed E-state index contributed by atoms with van der Waals surface area (Å²) in [5.41, 5.74) is -3.42. The highest BCUT2D eigenvalue weighted by Crippen LogP contribution is 2.52. The van der Waals surface area contributed by atoms with Crippen LogP contribution in [0.3, 0.4) is 0 Å². The monoisotopic (exact) mass is 625 g/mol. The normalized spacial score (nSPS) is 20.7. The van der Waals surface area contributed by atoms with Crippen LogP contribution < -0.4 is 0 Å². The molecule has 1 saturated heterocycles. The molecule has 2 heterocycles. The van der Waals surface area contributed by atoms with Crippen LogP contribution in [0.5, 0.6) is 0 Å². The maximum absolute atomic E-state index is 15.9. The second-order valence-electron chi connectivity index (χ2n) is 9.23. The van der Waals surface area contributed by atoms with Crippen LogP contribution in [0.25, 0.3) is 0 Å². The van der Waals surface area contributed by atoms with Crippen LogP contribution in [0, 0.1) is 5.82 Å². The first kappa shape index (κ1) is 27.0. The fraction of sp³-hybridized carbons (Fsp3) is 0.259. The summed E-state index contributed by atoms with van der Waals surface area (Å²) in [5.74, 6) is -2.69. The number of halogens is 5. The Morgan fingerprint density at radius 3 is 2.26 bits per heavy atom. The van der Waals surface area contributed by atoms with Gasteiger partial charge in [-0.25, -0.2) is 8.78 Å². The first-order chi connectivity index (χ1) is 18.0.